The highest BCUT2D eigenvalue weighted by atomic mass is 16.5. The Morgan fingerprint density at radius 3 is 2.33 bits per heavy atom. The van der Waals surface area contributed by atoms with Crippen molar-refractivity contribution in [3.05, 3.63) is 0 Å². The molecule has 2 N–H and O–H groups in total. The van der Waals surface area contributed by atoms with E-state index in [1.165, 1.54) is 0 Å². The Kier molecular flexibility index (Phi) is 7.34. The van der Waals surface area contributed by atoms with E-state index in [4.69, 9.17) is 5.11 Å². The fourth-order valence-corrected chi connectivity index (χ4v) is 1.14. The number of carboxylic acids is 1. The molecule has 0 fully saturated rings. The van der Waals surface area contributed by atoms with Gasteiger partial charge in [-0.25, -0.2) is 4.79 Å². The summed E-state index contributed by atoms with van der Waals surface area (Å²) in [6.07, 6.45) is 0.433. The molecule has 0 aliphatic heterocycles. The molecule has 0 aromatic heterocycles. The van der Waals surface area contributed by atoms with Gasteiger partial charge in [-0.3, -0.25) is 14.4 Å². The van der Waals surface area contributed by atoms with Crippen molar-refractivity contribution in [2.24, 2.45) is 0 Å². The molecule has 0 aromatic carbocycles. The lowest BCUT2D eigenvalue weighted by Gasteiger charge is -2.13. The van der Waals surface area contributed by atoms with Crippen LogP contribution in [0.15, 0.2) is 0 Å². The summed E-state index contributed by atoms with van der Waals surface area (Å²) < 4.78 is 4.42. The number of esters is 1. The minimum Gasteiger partial charge on any atom is -0.480 e. The summed E-state index contributed by atoms with van der Waals surface area (Å²) in [6.45, 7) is 2.29. The summed E-state index contributed by atoms with van der Waals surface area (Å²) in [6, 6.07) is -1.15. The summed E-state index contributed by atoms with van der Waals surface area (Å²) in [5.74, 6) is -2.63. The Bertz CT molecular complexity index is 338. The van der Waals surface area contributed by atoms with Gasteiger partial charge in [0.2, 0.25) is 0 Å². The minimum absolute atomic E-state index is 0.0216. The van der Waals surface area contributed by atoms with E-state index in [0.29, 0.717) is 6.42 Å². The summed E-state index contributed by atoms with van der Waals surface area (Å²) in [5, 5.41) is 11.0. The quantitative estimate of drug-likeness (QED) is 0.588. The second-order valence-corrected chi connectivity index (χ2v) is 3.67. The van der Waals surface area contributed by atoms with Gasteiger partial charge in [0.25, 0.3) is 5.91 Å². The maximum atomic E-state index is 11.2. The molecule has 0 aliphatic carbocycles. The van der Waals surface area contributed by atoms with Crippen LogP contribution in [0.3, 0.4) is 0 Å². The summed E-state index contributed by atoms with van der Waals surface area (Å²) in [4.78, 5) is 43.6. The first-order valence-corrected chi connectivity index (χ1v) is 5.54. The third-order valence-electron chi connectivity index (χ3n) is 2.15. The van der Waals surface area contributed by atoms with Crippen LogP contribution in [0.4, 0.5) is 0 Å². The average molecular weight is 259 g/mol. The van der Waals surface area contributed by atoms with E-state index in [-0.39, 0.29) is 18.6 Å². The molecule has 102 valence electrons. The number of hydrogen-bond acceptors (Lipinski definition) is 5. The fourth-order valence-electron chi connectivity index (χ4n) is 1.14. The topological polar surface area (TPSA) is 110 Å². The zero-order valence-electron chi connectivity index (χ0n) is 10.4. The monoisotopic (exact) mass is 259 g/mol. The molecular weight excluding hydrogens is 242 g/mol. The van der Waals surface area contributed by atoms with Crippen molar-refractivity contribution in [2.75, 3.05) is 6.61 Å². The molecule has 0 aromatic rings. The molecule has 0 unspecified atom stereocenters. The molecule has 0 aliphatic rings. The highest BCUT2D eigenvalue weighted by Crippen LogP contribution is 2.01. The number of rotatable bonds is 8. The maximum absolute atomic E-state index is 11.2. The summed E-state index contributed by atoms with van der Waals surface area (Å²) >= 11 is 0. The first kappa shape index (κ1) is 16.1. The molecular formula is C11H17NO6. The number of amides is 1. The Labute approximate surface area is 104 Å². The van der Waals surface area contributed by atoms with Gasteiger partial charge in [0.1, 0.15) is 11.8 Å². The van der Waals surface area contributed by atoms with Crippen LogP contribution in [0.2, 0.25) is 0 Å². The van der Waals surface area contributed by atoms with Crippen molar-refractivity contribution in [3.8, 4) is 0 Å². The molecule has 1 atom stereocenters. The average Bonchev–Trinajstić information content (AvgIpc) is 2.30. The SMILES string of the molecule is CCC(=O)CC[C@@H](NC(=O)COC(C)=O)C(=O)O. The fraction of sp³-hybridized carbons (Fsp3) is 0.636. The molecule has 1 amide bonds. The van der Waals surface area contributed by atoms with Crippen LogP contribution >= 0.6 is 0 Å². The lowest BCUT2D eigenvalue weighted by atomic mass is 10.1. The molecule has 0 bridgehead atoms. The van der Waals surface area contributed by atoms with E-state index < -0.39 is 30.5 Å². The van der Waals surface area contributed by atoms with Crippen molar-refractivity contribution in [2.45, 2.75) is 39.2 Å². The Balaban J connectivity index is 4.18. The first-order chi connectivity index (χ1) is 8.36. The molecule has 18 heavy (non-hydrogen) atoms. The molecule has 7 nitrogen and oxygen atoms in total. The molecule has 0 radical (unpaired) electrons. The highest BCUT2D eigenvalue weighted by Gasteiger charge is 2.20. The predicted molar refractivity (Wildman–Crippen MR) is 60.7 cm³/mol. The normalized spacial score (nSPS) is 11.4. The van der Waals surface area contributed by atoms with Gasteiger partial charge in [-0.1, -0.05) is 6.92 Å². The van der Waals surface area contributed by atoms with Gasteiger partial charge in [-0.15, -0.1) is 0 Å². The van der Waals surface area contributed by atoms with Crippen molar-refractivity contribution >= 4 is 23.6 Å². The number of ether oxygens (including phenoxy) is 1. The van der Waals surface area contributed by atoms with Gasteiger partial charge in [-0.2, -0.15) is 0 Å². The Morgan fingerprint density at radius 1 is 1.28 bits per heavy atom. The van der Waals surface area contributed by atoms with Gasteiger partial charge in [0, 0.05) is 19.8 Å². The van der Waals surface area contributed by atoms with E-state index >= 15 is 0 Å². The standard InChI is InChI=1S/C11H17NO6/c1-3-8(14)4-5-9(11(16)17)12-10(15)6-18-7(2)13/h9H,3-6H2,1-2H3,(H,12,15)(H,16,17)/t9-/m1/s1. The smallest absolute Gasteiger partial charge is 0.326 e. The molecule has 0 rings (SSSR count). The van der Waals surface area contributed by atoms with Crippen LogP contribution < -0.4 is 5.32 Å². The van der Waals surface area contributed by atoms with E-state index in [0.717, 1.165) is 6.92 Å². The van der Waals surface area contributed by atoms with Crippen LogP contribution in [0.1, 0.15) is 33.1 Å². The second-order valence-electron chi connectivity index (χ2n) is 3.67. The van der Waals surface area contributed by atoms with E-state index in [1.54, 1.807) is 6.92 Å². The lowest BCUT2D eigenvalue weighted by molar-refractivity contribution is -0.148. The number of nitrogens with one attached hydrogen (secondary N) is 1. The number of carbonyl (C=O) groups is 4. The van der Waals surface area contributed by atoms with Crippen LogP contribution in [-0.4, -0.2) is 41.4 Å². The summed E-state index contributed by atoms with van der Waals surface area (Å²) in [5.41, 5.74) is 0. The third kappa shape index (κ3) is 7.37. The molecule has 0 heterocycles. The van der Waals surface area contributed by atoms with Gasteiger partial charge in [-0.05, 0) is 6.42 Å². The summed E-state index contributed by atoms with van der Waals surface area (Å²) in [7, 11) is 0. The maximum Gasteiger partial charge on any atom is 0.326 e. The molecule has 0 spiro atoms. The van der Waals surface area contributed by atoms with E-state index in [2.05, 4.69) is 10.1 Å². The van der Waals surface area contributed by atoms with Gasteiger partial charge in [0.05, 0.1) is 0 Å². The number of aliphatic carboxylic acids is 1. The van der Waals surface area contributed by atoms with Crippen molar-refractivity contribution in [3.63, 3.8) is 0 Å². The number of Topliss-reactive ketones (excluding diaryl/α,β-unsaturated/α-hetero) is 1. The number of carboxylic acid groups (broad SMARTS) is 1. The zero-order chi connectivity index (χ0) is 14.1. The van der Waals surface area contributed by atoms with Crippen LogP contribution in [-0.2, 0) is 23.9 Å². The van der Waals surface area contributed by atoms with Crippen molar-refractivity contribution in [1.29, 1.82) is 0 Å². The van der Waals surface area contributed by atoms with Crippen molar-refractivity contribution < 1.29 is 29.0 Å². The molecule has 0 saturated carbocycles. The minimum atomic E-state index is -1.23. The van der Waals surface area contributed by atoms with E-state index in [1.807, 2.05) is 0 Å². The third-order valence-corrected chi connectivity index (χ3v) is 2.15. The van der Waals surface area contributed by atoms with E-state index in [9.17, 15) is 19.2 Å². The van der Waals surface area contributed by atoms with Crippen molar-refractivity contribution in [1.82, 2.24) is 5.32 Å². The number of ketones is 1. The largest absolute Gasteiger partial charge is 0.480 e. The highest BCUT2D eigenvalue weighted by molar-refractivity contribution is 5.86. The first-order valence-electron chi connectivity index (χ1n) is 5.54. The van der Waals surface area contributed by atoms with Crippen LogP contribution in [0, 0.1) is 0 Å². The van der Waals surface area contributed by atoms with Crippen LogP contribution in [0.25, 0.3) is 0 Å². The number of carbonyl (C=O) groups excluding carboxylic acids is 3. The van der Waals surface area contributed by atoms with Gasteiger partial charge in [0.15, 0.2) is 6.61 Å². The predicted octanol–water partition coefficient (Wildman–Crippen LogP) is -0.122. The Morgan fingerprint density at radius 2 is 1.89 bits per heavy atom. The molecule has 0 saturated heterocycles. The lowest BCUT2D eigenvalue weighted by Crippen LogP contribution is -2.42. The molecule has 7 heteroatoms. The second kappa shape index (κ2) is 8.21. The van der Waals surface area contributed by atoms with Gasteiger partial charge < -0.3 is 15.2 Å². The zero-order valence-corrected chi connectivity index (χ0v) is 10.4. The van der Waals surface area contributed by atoms with Crippen LogP contribution in [0.5, 0.6) is 0 Å². The van der Waals surface area contributed by atoms with Gasteiger partial charge >= 0.3 is 11.9 Å². The Hall–Kier alpha value is -1.92. The number of hydrogen-bond donors (Lipinski definition) is 2.